The average Bonchev–Trinajstić information content (AvgIpc) is 3.54. The molecule has 6 heteroatoms. The molecule has 0 saturated heterocycles. The summed E-state index contributed by atoms with van der Waals surface area (Å²) in [5.74, 6) is 1.87. The van der Waals surface area contributed by atoms with Crippen LogP contribution in [-0.2, 0) is 4.79 Å². The fourth-order valence-electron chi connectivity index (χ4n) is 4.80. The topological polar surface area (TPSA) is 91.0 Å². The molecule has 6 nitrogen and oxygen atoms in total. The third-order valence-electron chi connectivity index (χ3n) is 6.71. The van der Waals surface area contributed by atoms with Gasteiger partial charge < -0.3 is 25.1 Å². The van der Waals surface area contributed by atoms with Crippen LogP contribution in [0.25, 0.3) is 12.2 Å². The Morgan fingerprint density at radius 1 is 1.14 bits per heavy atom. The Balaban J connectivity index is 1.18. The van der Waals surface area contributed by atoms with Crippen LogP contribution < -0.4 is 19.9 Å². The van der Waals surface area contributed by atoms with Crippen molar-refractivity contribution in [1.82, 2.24) is 0 Å². The van der Waals surface area contributed by atoms with Gasteiger partial charge in [-0.05, 0) is 73.6 Å². The highest BCUT2D eigenvalue weighted by atomic mass is 16.7. The number of para-hydroxylation sites is 1. The van der Waals surface area contributed by atoms with Gasteiger partial charge in [0.05, 0.1) is 0 Å². The zero-order valence-corrected chi connectivity index (χ0v) is 20.1. The molecule has 184 valence electrons. The number of aryl methyl sites for hydroxylation is 1. The van der Waals surface area contributed by atoms with Crippen molar-refractivity contribution in [3.63, 3.8) is 0 Å². The molecule has 1 aliphatic heterocycles. The lowest BCUT2D eigenvalue weighted by Crippen LogP contribution is -2.19. The number of aromatic hydroxyl groups is 1. The highest BCUT2D eigenvalue weighted by molar-refractivity contribution is 5.89. The molecule has 2 aliphatic rings. The van der Waals surface area contributed by atoms with Gasteiger partial charge >= 0.3 is 5.97 Å². The van der Waals surface area contributed by atoms with Crippen molar-refractivity contribution >= 4 is 18.1 Å². The molecule has 1 saturated carbocycles. The summed E-state index contributed by atoms with van der Waals surface area (Å²) in [5.41, 5.74) is 11.5. The summed E-state index contributed by atoms with van der Waals surface area (Å²) in [4.78, 5) is 12.3. The fourth-order valence-corrected chi connectivity index (χ4v) is 4.80. The Kier molecular flexibility index (Phi) is 6.78. The summed E-state index contributed by atoms with van der Waals surface area (Å²) in [5, 5.41) is 10.3. The van der Waals surface area contributed by atoms with Crippen molar-refractivity contribution in [3.05, 3.63) is 94.6 Å². The van der Waals surface area contributed by atoms with E-state index in [0.29, 0.717) is 23.2 Å². The molecular weight excluding hydrogens is 454 g/mol. The van der Waals surface area contributed by atoms with Crippen LogP contribution in [0.5, 0.6) is 23.0 Å². The molecule has 3 aromatic rings. The van der Waals surface area contributed by atoms with Crippen molar-refractivity contribution in [3.8, 4) is 23.0 Å². The van der Waals surface area contributed by atoms with E-state index < -0.39 is 5.97 Å². The Labute approximate surface area is 210 Å². The van der Waals surface area contributed by atoms with E-state index in [1.807, 2.05) is 49.4 Å². The SMILES string of the molecule is Cc1ccc(C(N)C2CC/C(=C\c3ccc(OC(=O)/C=C/c4cccc5c4OCO5)cc3)C2)c(O)c1. The van der Waals surface area contributed by atoms with Crippen LogP contribution in [0.3, 0.4) is 0 Å². The number of allylic oxidation sites excluding steroid dienone is 1. The standard InChI is InChI=1S/C30H29NO5/c1-19-5-13-25(26(32)15-19)29(31)23-9-6-21(17-23)16-20-7-11-24(12-8-20)36-28(33)14-10-22-3-2-4-27-30(22)35-18-34-27/h2-5,7-8,10-16,23,29,32H,6,9,17-18,31H2,1H3/b14-10+,21-16+. The van der Waals surface area contributed by atoms with Gasteiger partial charge in [0.2, 0.25) is 6.79 Å². The monoisotopic (exact) mass is 483 g/mol. The third-order valence-corrected chi connectivity index (χ3v) is 6.71. The number of carbonyl (C=O) groups excluding carboxylic acids is 1. The molecule has 36 heavy (non-hydrogen) atoms. The first kappa shape index (κ1) is 23.7. The average molecular weight is 484 g/mol. The van der Waals surface area contributed by atoms with E-state index in [9.17, 15) is 9.90 Å². The Morgan fingerprint density at radius 2 is 1.97 bits per heavy atom. The smallest absolute Gasteiger partial charge is 0.336 e. The van der Waals surface area contributed by atoms with Crippen LogP contribution in [-0.4, -0.2) is 17.9 Å². The number of hydrogen-bond donors (Lipinski definition) is 2. The molecule has 0 spiro atoms. The first-order chi connectivity index (χ1) is 17.5. The second-order valence-corrected chi connectivity index (χ2v) is 9.30. The normalized spacial score (nSPS) is 18.6. The van der Waals surface area contributed by atoms with Gasteiger partial charge in [-0.3, -0.25) is 0 Å². The number of phenols is 1. The lowest BCUT2D eigenvalue weighted by molar-refractivity contribution is -0.128. The minimum atomic E-state index is -0.468. The number of rotatable bonds is 6. The third kappa shape index (κ3) is 5.29. The number of benzene rings is 3. The molecule has 1 heterocycles. The molecular formula is C30H29NO5. The summed E-state index contributed by atoms with van der Waals surface area (Å²) in [6.07, 6.45) is 8.07. The van der Waals surface area contributed by atoms with Crippen LogP contribution in [0.1, 0.15) is 47.6 Å². The summed E-state index contributed by atoms with van der Waals surface area (Å²) in [6, 6.07) is 18.5. The maximum absolute atomic E-state index is 12.3. The van der Waals surface area contributed by atoms with Gasteiger partial charge in [0, 0.05) is 23.2 Å². The zero-order valence-electron chi connectivity index (χ0n) is 20.1. The molecule has 0 bridgehead atoms. The van der Waals surface area contributed by atoms with Crippen molar-refractivity contribution < 1.29 is 24.1 Å². The first-order valence-electron chi connectivity index (χ1n) is 12.1. The minimum absolute atomic E-state index is 0.178. The lowest BCUT2D eigenvalue weighted by atomic mass is 9.91. The lowest BCUT2D eigenvalue weighted by Gasteiger charge is -2.20. The molecule has 0 aromatic heterocycles. The minimum Gasteiger partial charge on any atom is -0.508 e. The summed E-state index contributed by atoms with van der Waals surface area (Å²) >= 11 is 0. The predicted molar refractivity (Wildman–Crippen MR) is 139 cm³/mol. The van der Waals surface area contributed by atoms with E-state index >= 15 is 0 Å². The fraction of sp³-hybridized carbons (Fsp3) is 0.233. The van der Waals surface area contributed by atoms with Gasteiger partial charge in [-0.2, -0.15) is 0 Å². The van der Waals surface area contributed by atoms with E-state index in [0.717, 1.165) is 41.5 Å². The number of esters is 1. The first-order valence-corrected chi connectivity index (χ1v) is 12.1. The number of hydrogen-bond acceptors (Lipinski definition) is 6. The Morgan fingerprint density at radius 3 is 2.78 bits per heavy atom. The van der Waals surface area contributed by atoms with Gasteiger partial charge in [0.1, 0.15) is 11.5 Å². The molecule has 2 atom stereocenters. The van der Waals surface area contributed by atoms with E-state index in [4.69, 9.17) is 19.9 Å². The van der Waals surface area contributed by atoms with Gasteiger partial charge in [-0.1, -0.05) is 48.0 Å². The van der Waals surface area contributed by atoms with Crippen LogP contribution in [0.2, 0.25) is 0 Å². The molecule has 5 rings (SSSR count). The van der Waals surface area contributed by atoms with Crippen LogP contribution >= 0.6 is 0 Å². The van der Waals surface area contributed by atoms with E-state index in [1.165, 1.54) is 11.6 Å². The second kappa shape index (κ2) is 10.3. The molecule has 3 aromatic carbocycles. The molecule has 0 radical (unpaired) electrons. The highest BCUT2D eigenvalue weighted by Crippen LogP contribution is 2.41. The van der Waals surface area contributed by atoms with Crippen molar-refractivity contribution in [2.45, 2.75) is 32.2 Å². The van der Waals surface area contributed by atoms with Crippen molar-refractivity contribution in [2.24, 2.45) is 11.7 Å². The van der Waals surface area contributed by atoms with Crippen molar-refractivity contribution in [2.75, 3.05) is 6.79 Å². The quantitative estimate of drug-likeness (QED) is 0.256. The number of carbonyl (C=O) groups is 1. The second-order valence-electron chi connectivity index (χ2n) is 9.30. The van der Waals surface area contributed by atoms with Crippen LogP contribution in [0.15, 0.2) is 72.3 Å². The van der Waals surface area contributed by atoms with Gasteiger partial charge in [-0.15, -0.1) is 0 Å². The molecule has 2 unspecified atom stereocenters. The Bertz CT molecular complexity index is 1330. The molecule has 3 N–H and O–H groups in total. The number of ether oxygens (including phenoxy) is 3. The number of phenolic OH excluding ortho intramolecular Hbond substituents is 1. The molecule has 0 amide bonds. The van der Waals surface area contributed by atoms with Gasteiger partial charge in [-0.25, -0.2) is 4.79 Å². The summed E-state index contributed by atoms with van der Waals surface area (Å²) in [7, 11) is 0. The van der Waals surface area contributed by atoms with Gasteiger partial charge in [0.15, 0.2) is 11.5 Å². The maximum atomic E-state index is 12.3. The molecule has 1 fully saturated rings. The number of fused-ring (bicyclic) bond motifs is 1. The van der Waals surface area contributed by atoms with E-state index in [2.05, 4.69) is 6.08 Å². The summed E-state index contributed by atoms with van der Waals surface area (Å²) < 4.78 is 16.2. The van der Waals surface area contributed by atoms with Crippen LogP contribution in [0, 0.1) is 12.8 Å². The van der Waals surface area contributed by atoms with E-state index in [1.54, 1.807) is 24.3 Å². The Hall–Kier alpha value is -4.03. The largest absolute Gasteiger partial charge is 0.508 e. The zero-order chi connectivity index (χ0) is 25.1. The van der Waals surface area contributed by atoms with E-state index in [-0.39, 0.29) is 18.6 Å². The number of nitrogens with two attached hydrogens (primary N) is 1. The highest BCUT2D eigenvalue weighted by Gasteiger charge is 2.27. The van der Waals surface area contributed by atoms with Gasteiger partial charge in [0.25, 0.3) is 0 Å². The molecule has 1 aliphatic carbocycles. The summed E-state index contributed by atoms with van der Waals surface area (Å²) in [6.45, 7) is 2.13. The predicted octanol–water partition coefficient (Wildman–Crippen LogP) is 5.93. The maximum Gasteiger partial charge on any atom is 0.336 e. The van der Waals surface area contributed by atoms with Crippen LogP contribution in [0.4, 0.5) is 0 Å². The van der Waals surface area contributed by atoms with Crippen molar-refractivity contribution in [1.29, 1.82) is 0 Å².